The summed E-state index contributed by atoms with van der Waals surface area (Å²) in [5, 5.41) is 14.9. The maximum atomic E-state index is 11.9. The third kappa shape index (κ3) is 6.17. The quantitative estimate of drug-likeness (QED) is 0.115. The Labute approximate surface area is 227 Å². The normalized spacial score (nSPS) is 11.3. The van der Waals surface area contributed by atoms with E-state index in [1.807, 2.05) is 6.07 Å². The summed E-state index contributed by atoms with van der Waals surface area (Å²) in [4.78, 5) is 11.9. The molecule has 0 unspecified atom stereocenters. The first-order valence-corrected chi connectivity index (χ1v) is 15.6. The van der Waals surface area contributed by atoms with Gasteiger partial charge in [-0.2, -0.15) is 0 Å². The molecule has 4 aromatic carbocycles. The number of hydrogen-bond acceptors (Lipinski definition) is 3. The predicted molar refractivity (Wildman–Crippen MR) is 161 cm³/mol. The van der Waals surface area contributed by atoms with Crippen LogP contribution in [0.2, 0.25) is 0 Å². The van der Waals surface area contributed by atoms with Crippen LogP contribution in [0.3, 0.4) is 0 Å². The van der Waals surface area contributed by atoms with Crippen molar-refractivity contribution in [1.29, 1.82) is 0 Å². The Hall–Kier alpha value is -3.42. The molecular formula is C34H38O3P+. The first kappa shape index (κ1) is 27.6. The topological polar surface area (TPSA) is 46.5 Å². The van der Waals surface area contributed by atoms with Crippen LogP contribution in [0.1, 0.15) is 55.5 Å². The minimum Gasteiger partial charge on any atom is -0.507 e. The highest BCUT2D eigenvalue weighted by Crippen LogP contribution is 2.56. The van der Waals surface area contributed by atoms with Crippen molar-refractivity contribution in [2.75, 3.05) is 12.8 Å². The van der Waals surface area contributed by atoms with Gasteiger partial charge < -0.3 is 9.84 Å². The van der Waals surface area contributed by atoms with Crippen LogP contribution in [0, 0.1) is 0 Å². The van der Waals surface area contributed by atoms with Crippen LogP contribution < -0.4 is 20.7 Å². The second kappa shape index (κ2) is 13.4. The van der Waals surface area contributed by atoms with Gasteiger partial charge in [-0.25, -0.2) is 0 Å². The number of phenolic OH excluding ortho intramolecular Hbond substituents is 1. The van der Waals surface area contributed by atoms with Crippen LogP contribution in [0.4, 0.5) is 0 Å². The van der Waals surface area contributed by atoms with E-state index in [-0.39, 0.29) is 11.5 Å². The number of ether oxygens (including phenoxy) is 1. The van der Waals surface area contributed by atoms with E-state index in [1.54, 1.807) is 6.07 Å². The number of aromatic hydroxyl groups is 1. The molecule has 0 saturated carbocycles. The van der Waals surface area contributed by atoms with Gasteiger partial charge in [-0.1, -0.05) is 67.9 Å². The predicted octanol–water partition coefficient (Wildman–Crippen LogP) is 7.09. The fourth-order valence-electron chi connectivity index (χ4n) is 5.22. The van der Waals surface area contributed by atoms with Crippen LogP contribution in [0.25, 0.3) is 0 Å². The Morgan fingerprint density at radius 1 is 0.737 bits per heavy atom. The summed E-state index contributed by atoms with van der Waals surface area (Å²) in [7, 11) is -1.80. The van der Waals surface area contributed by atoms with E-state index in [1.165, 1.54) is 22.8 Å². The zero-order valence-corrected chi connectivity index (χ0v) is 23.4. The SMILES string of the molecule is CCCc1c(OCCCCC[P+](c2ccccc2)(c2ccccc2)c2ccccc2)ccc(C(C)=O)c1O. The molecule has 3 nitrogen and oxygen atoms in total. The molecule has 4 aromatic rings. The lowest BCUT2D eigenvalue weighted by Gasteiger charge is -2.27. The summed E-state index contributed by atoms with van der Waals surface area (Å²) >= 11 is 0. The van der Waals surface area contributed by atoms with Crippen LogP contribution in [0.5, 0.6) is 11.5 Å². The molecule has 4 heteroatoms. The van der Waals surface area contributed by atoms with Gasteiger partial charge in [0.2, 0.25) is 0 Å². The van der Waals surface area contributed by atoms with E-state index >= 15 is 0 Å². The second-order valence-corrected chi connectivity index (χ2v) is 13.3. The van der Waals surface area contributed by atoms with Crippen molar-refractivity contribution in [2.24, 2.45) is 0 Å². The molecule has 38 heavy (non-hydrogen) atoms. The summed E-state index contributed by atoms with van der Waals surface area (Å²) in [5.74, 6) is 0.627. The number of unbranched alkanes of at least 4 members (excludes halogenated alkanes) is 2. The van der Waals surface area contributed by atoms with E-state index in [4.69, 9.17) is 4.74 Å². The zero-order valence-electron chi connectivity index (χ0n) is 22.5. The Balaban J connectivity index is 1.49. The van der Waals surface area contributed by atoms with Crippen LogP contribution in [-0.2, 0) is 6.42 Å². The van der Waals surface area contributed by atoms with Crippen molar-refractivity contribution >= 4 is 29.0 Å². The molecule has 0 aromatic heterocycles. The molecule has 0 amide bonds. The fourth-order valence-corrected chi connectivity index (χ4v) is 9.63. The summed E-state index contributed by atoms with van der Waals surface area (Å²) in [6, 6.07) is 36.5. The number of rotatable bonds is 13. The molecule has 4 rings (SSSR count). The number of benzene rings is 4. The Bertz CT molecular complexity index is 1210. The third-order valence-electron chi connectivity index (χ3n) is 7.11. The van der Waals surface area contributed by atoms with Gasteiger partial charge in [0.1, 0.15) is 34.7 Å². The molecule has 196 valence electrons. The van der Waals surface area contributed by atoms with Crippen molar-refractivity contribution in [1.82, 2.24) is 0 Å². The van der Waals surface area contributed by atoms with Crippen molar-refractivity contribution < 1.29 is 14.6 Å². The van der Waals surface area contributed by atoms with Crippen molar-refractivity contribution in [3.8, 4) is 11.5 Å². The first-order valence-electron chi connectivity index (χ1n) is 13.6. The molecule has 0 spiro atoms. The average Bonchev–Trinajstić information content (AvgIpc) is 2.96. The third-order valence-corrected chi connectivity index (χ3v) is 11.6. The highest BCUT2D eigenvalue weighted by molar-refractivity contribution is 7.95. The van der Waals surface area contributed by atoms with Crippen LogP contribution >= 0.6 is 7.26 Å². The molecule has 0 saturated heterocycles. The molecular weight excluding hydrogens is 487 g/mol. The molecule has 0 heterocycles. The number of phenols is 1. The van der Waals surface area contributed by atoms with Gasteiger partial charge in [-0.05, 0) is 81.1 Å². The van der Waals surface area contributed by atoms with Crippen LogP contribution in [0.15, 0.2) is 103 Å². The van der Waals surface area contributed by atoms with E-state index in [9.17, 15) is 9.90 Å². The minimum atomic E-state index is -1.80. The van der Waals surface area contributed by atoms with Gasteiger partial charge in [0.25, 0.3) is 0 Å². The first-order chi connectivity index (χ1) is 18.6. The van der Waals surface area contributed by atoms with E-state index in [0.717, 1.165) is 37.4 Å². The van der Waals surface area contributed by atoms with Gasteiger partial charge in [-0.3, -0.25) is 4.79 Å². The van der Waals surface area contributed by atoms with Crippen molar-refractivity contribution in [2.45, 2.75) is 46.0 Å². The summed E-state index contributed by atoms with van der Waals surface area (Å²) in [5.41, 5.74) is 1.10. The summed E-state index contributed by atoms with van der Waals surface area (Å²) in [6.45, 7) is 4.13. The Morgan fingerprint density at radius 3 is 1.74 bits per heavy atom. The molecule has 0 aliphatic rings. The maximum absolute atomic E-state index is 11.9. The number of carbonyl (C=O) groups excluding carboxylic acids is 1. The second-order valence-electron chi connectivity index (χ2n) is 9.69. The fraction of sp³-hybridized carbons (Fsp3) is 0.265. The Kier molecular flexibility index (Phi) is 9.73. The molecule has 0 aliphatic carbocycles. The lowest BCUT2D eigenvalue weighted by molar-refractivity contribution is 0.101. The molecule has 0 radical (unpaired) electrons. The average molecular weight is 526 g/mol. The highest BCUT2D eigenvalue weighted by atomic mass is 31.2. The highest BCUT2D eigenvalue weighted by Gasteiger charge is 2.44. The summed E-state index contributed by atoms with van der Waals surface area (Å²) < 4.78 is 6.13. The smallest absolute Gasteiger partial charge is 0.163 e. The van der Waals surface area contributed by atoms with Crippen molar-refractivity contribution in [3.63, 3.8) is 0 Å². The number of carbonyl (C=O) groups is 1. The molecule has 0 fully saturated rings. The van der Waals surface area contributed by atoms with E-state index < -0.39 is 7.26 Å². The van der Waals surface area contributed by atoms with Gasteiger partial charge in [0, 0.05) is 5.56 Å². The number of ketones is 1. The van der Waals surface area contributed by atoms with E-state index in [2.05, 4.69) is 97.9 Å². The van der Waals surface area contributed by atoms with Gasteiger partial charge in [0.15, 0.2) is 5.78 Å². The lowest BCUT2D eigenvalue weighted by atomic mass is 10.0. The molecule has 0 bridgehead atoms. The number of Topliss-reactive ketones (excluding diaryl/α,β-unsaturated/α-hetero) is 1. The summed E-state index contributed by atoms with van der Waals surface area (Å²) in [6.07, 6.45) is 5.72. The van der Waals surface area contributed by atoms with Gasteiger partial charge >= 0.3 is 0 Å². The molecule has 0 aliphatic heterocycles. The Morgan fingerprint density at radius 2 is 1.26 bits per heavy atom. The van der Waals surface area contributed by atoms with Crippen LogP contribution in [-0.4, -0.2) is 23.7 Å². The molecule has 0 atom stereocenters. The standard InChI is InChI=1S/C34H37O3P/c1-3-16-32-33(24-23-31(27(2)35)34(32)36)37-25-14-7-15-26-38(28-17-8-4-9-18-28,29-19-10-5-11-20-29)30-21-12-6-13-22-30/h4-6,8-13,17-24H,3,7,14-16,25-26H2,1-2H3/p+1. The van der Waals surface area contributed by atoms with Gasteiger partial charge in [-0.15, -0.1) is 0 Å². The van der Waals surface area contributed by atoms with Crippen molar-refractivity contribution in [3.05, 3.63) is 114 Å². The number of hydrogen-bond donors (Lipinski definition) is 1. The lowest BCUT2D eigenvalue weighted by Crippen LogP contribution is -2.33. The minimum absolute atomic E-state index is 0.0695. The van der Waals surface area contributed by atoms with Gasteiger partial charge in [0.05, 0.1) is 18.3 Å². The van der Waals surface area contributed by atoms with E-state index in [0.29, 0.717) is 24.3 Å². The maximum Gasteiger partial charge on any atom is 0.163 e. The monoisotopic (exact) mass is 525 g/mol. The zero-order chi connectivity index (χ0) is 26.8. The largest absolute Gasteiger partial charge is 0.507 e. The molecule has 1 N–H and O–H groups in total.